The van der Waals surface area contributed by atoms with Crippen LogP contribution >= 0.6 is 0 Å². The Kier molecular flexibility index (Phi) is 4.96. The molecular weight excluding hydrogens is 202 g/mol. The SMILES string of the molecule is CCC(C)C(CO)NC(C)c1cn[nH]c1C. The summed E-state index contributed by atoms with van der Waals surface area (Å²) in [5, 5.41) is 19.8. The van der Waals surface area contributed by atoms with E-state index in [9.17, 15) is 5.11 Å². The number of nitrogens with zero attached hydrogens (tertiary/aromatic N) is 1. The first-order chi connectivity index (χ1) is 7.60. The molecule has 0 aromatic carbocycles. The molecule has 0 saturated heterocycles. The highest BCUT2D eigenvalue weighted by molar-refractivity contribution is 5.18. The highest BCUT2D eigenvalue weighted by Crippen LogP contribution is 2.17. The zero-order valence-electron chi connectivity index (χ0n) is 10.6. The number of H-pyrrole nitrogens is 1. The third kappa shape index (κ3) is 3.06. The van der Waals surface area contributed by atoms with Gasteiger partial charge in [-0.1, -0.05) is 20.3 Å². The lowest BCUT2D eigenvalue weighted by molar-refractivity contribution is 0.192. The van der Waals surface area contributed by atoms with Gasteiger partial charge >= 0.3 is 0 Å². The second-order valence-corrected chi connectivity index (χ2v) is 4.51. The van der Waals surface area contributed by atoms with Gasteiger partial charge in [0, 0.05) is 23.3 Å². The maximum Gasteiger partial charge on any atom is 0.0587 e. The average molecular weight is 225 g/mol. The molecule has 0 radical (unpaired) electrons. The lowest BCUT2D eigenvalue weighted by atomic mass is 9.98. The Hall–Kier alpha value is -0.870. The number of hydrogen-bond acceptors (Lipinski definition) is 3. The Morgan fingerprint density at radius 3 is 2.62 bits per heavy atom. The second-order valence-electron chi connectivity index (χ2n) is 4.51. The minimum atomic E-state index is 0.147. The molecule has 16 heavy (non-hydrogen) atoms. The summed E-state index contributed by atoms with van der Waals surface area (Å²) in [6, 6.07) is 0.360. The normalized spacial score (nSPS) is 17.1. The van der Waals surface area contributed by atoms with Crippen LogP contribution < -0.4 is 5.32 Å². The van der Waals surface area contributed by atoms with Crippen molar-refractivity contribution in [2.24, 2.45) is 5.92 Å². The fraction of sp³-hybridized carbons (Fsp3) is 0.750. The van der Waals surface area contributed by atoms with Gasteiger partial charge in [0.1, 0.15) is 0 Å². The van der Waals surface area contributed by atoms with Gasteiger partial charge in [-0.25, -0.2) is 0 Å². The summed E-state index contributed by atoms with van der Waals surface area (Å²) >= 11 is 0. The van der Waals surface area contributed by atoms with Crippen LogP contribution in [0.1, 0.15) is 44.5 Å². The fourth-order valence-electron chi connectivity index (χ4n) is 1.89. The molecule has 0 bridgehead atoms. The van der Waals surface area contributed by atoms with Gasteiger partial charge < -0.3 is 10.4 Å². The summed E-state index contributed by atoms with van der Waals surface area (Å²) in [6.07, 6.45) is 2.91. The number of aryl methyl sites for hydroxylation is 1. The van der Waals surface area contributed by atoms with Crippen LogP contribution in [0.25, 0.3) is 0 Å². The van der Waals surface area contributed by atoms with Crippen molar-refractivity contribution in [3.8, 4) is 0 Å². The largest absolute Gasteiger partial charge is 0.395 e. The van der Waals surface area contributed by atoms with E-state index in [1.165, 1.54) is 5.56 Å². The Morgan fingerprint density at radius 2 is 2.19 bits per heavy atom. The third-order valence-electron chi connectivity index (χ3n) is 3.33. The van der Waals surface area contributed by atoms with Gasteiger partial charge in [-0.2, -0.15) is 5.10 Å². The van der Waals surface area contributed by atoms with Crippen molar-refractivity contribution in [2.75, 3.05) is 6.61 Å². The molecular formula is C12H23N3O. The maximum atomic E-state index is 9.36. The van der Waals surface area contributed by atoms with E-state index < -0.39 is 0 Å². The van der Waals surface area contributed by atoms with Crippen molar-refractivity contribution in [3.63, 3.8) is 0 Å². The molecule has 3 unspecified atom stereocenters. The van der Waals surface area contributed by atoms with Crippen molar-refractivity contribution in [3.05, 3.63) is 17.5 Å². The highest BCUT2D eigenvalue weighted by atomic mass is 16.3. The number of aliphatic hydroxyl groups excluding tert-OH is 1. The van der Waals surface area contributed by atoms with Gasteiger partial charge in [0.15, 0.2) is 0 Å². The van der Waals surface area contributed by atoms with E-state index in [0.29, 0.717) is 5.92 Å². The molecule has 4 heteroatoms. The molecule has 3 atom stereocenters. The zero-order valence-corrected chi connectivity index (χ0v) is 10.6. The van der Waals surface area contributed by atoms with E-state index in [1.54, 1.807) is 0 Å². The van der Waals surface area contributed by atoms with Crippen molar-refractivity contribution < 1.29 is 5.11 Å². The van der Waals surface area contributed by atoms with Gasteiger partial charge in [0.2, 0.25) is 0 Å². The second kappa shape index (κ2) is 6.01. The molecule has 1 aromatic rings. The average Bonchev–Trinajstić information content (AvgIpc) is 2.71. The molecule has 0 saturated carbocycles. The van der Waals surface area contributed by atoms with E-state index in [2.05, 4.69) is 36.3 Å². The lowest BCUT2D eigenvalue weighted by Crippen LogP contribution is -2.39. The molecule has 4 nitrogen and oxygen atoms in total. The Bertz CT molecular complexity index is 311. The summed E-state index contributed by atoms with van der Waals surface area (Å²) in [4.78, 5) is 0. The monoisotopic (exact) mass is 225 g/mol. The predicted octanol–water partition coefficient (Wildman–Crippen LogP) is 1.78. The van der Waals surface area contributed by atoms with Crippen LogP contribution in [0.4, 0.5) is 0 Å². The highest BCUT2D eigenvalue weighted by Gasteiger charge is 2.19. The molecule has 0 aliphatic heterocycles. The molecule has 0 amide bonds. The van der Waals surface area contributed by atoms with E-state index in [1.807, 2.05) is 13.1 Å². The van der Waals surface area contributed by atoms with E-state index in [-0.39, 0.29) is 18.7 Å². The smallest absolute Gasteiger partial charge is 0.0587 e. The Labute approximate surface area is 97.5 Å². The zero-order chi connectivity index (χ0) is 12.1. The minimum Gasteiger partial charge on any atom is -0.395 e. The quantitative estimate of drug-likeness (QED) is 0.691. The first kappa shape index (κ1) is 13.2. The van der Waals surface area contributed by atoms with Crippen LogP contribution in [0.2, 0.25) is 0 Å². The molecule has 1 rings (SSSR count). The van der Waals surface area contributed by atoms with Crippen molar-refractivity contribution in [1.82, 2.24) is 15.5 Å². The van der Waals surface area contributed by atoms with Crippen LogP contribution in [0, 0.1) is 12.8 Å². The first-order valence-corrected chi connectivity index (χ1v) is 5.96. The van der Waals surface area contributed by atoms with Gasteiger partial charge in [-0.05, 0) is 19.8 Å². The number of aromatic amines is 1. The number of aliphatic hydroxyl groups is 1. The molecule has 0 spiro atoms. The van der Waals surface area contributed by atoms with Crippen molar-refractivity contribution in [2.45, 2.75) is 46.2 Å². The predicted molar refractivity (Wildman–Crippen MR) is 65.2 cm³/mol. The molecule has 1 heterocycles. The topological polar surface area (TPSA) is 60.9 Å². The Morgan fingerprint density at radius 1 is 1.50 bits per heavy atom. The molecule has 3 N–H and O–H groups in total. The molecule has 1 aromatic heterocycles. The summed E-state index contributed by atoms with van der Waals surface area (Å²) in [5.41, 5.74) is 2.25. The first-order valence-electron chi connectivity index (χ1n) is 5.96. The number of hydrogen-bond donors (Lipinski definition) is 3. The van der Waals surface area contributed by atoms with E-state index in [4.69, 9.17) is 0 Å². The van der Waals surface area contributed by atoms with E-state index >= 15 is 0 Å². The molecule has 0 aliphatic carbocycles. The summed E-state index contributed by atoms with van der Waals surface area (Å²) < 4.78 is 0. The summed E-state index contributed by atoms with van der Waals surface area (Å²) in [7, 11) is 0. The van der Waals surface area contributed by atoms with Crippen LogP contribution in [0.3, 0.4) is 0 Å². The minimum absolute atomic E-state index is 0.147. The van der Waals surface area contributed by atoms with Crippen LogP contribution in [-0.2, 0) is 0 Å². The molecule has 0 fully saturated rings. The number of nitrogens with one attached hydrogen (secondary N) is 2. The van der Waals surface area contributed by atoms with Crippen molar-refractivity contribution in [1.29, 1.82) is 0 Å². The van der Waals surface area contributed by atoms with Crippen LogP contribution in [0.15, 0.2) is 6.20 Å². The number of rotatable bonds is 6. The van der Waals surface area contributed by atoms with Gasteiger partial charge in [0.05, 0.1) is 12.8 Å². The summed E-state index contributed by atoms with van der Waals surface area (Å²) in [5.74, 6) is 0.472. The van der Waals surface area contributed by atoms with Crippen LogP contribution in [0.5, 0.6) is 0 Å². The third-order valence-corrected chi connectivity index (χ3v) is 3.33. The van der Waals surface area contributed by atoms with Gasteiger partial charge in [-0.3, -0.25) is 5.10 Å². The van der Waals surface area contributed by atoms with E-state index in [0.717, 1.165) is 12.1 Å². The molecule has 92 valence electrons. The Balaban J connectivity index is 2.62. The lowest BCUT2D eigenvalue weighted by Gasteiger charge is -2.26. The fourth-order valence-corrected chi connectivity index (χ4v) is 1.89. The molecule has 0 aliphatic rings. The van der Waals surface area contributed by atoms with Gasteiger partial charge in [-0.15, -0.1) is 0 Å². The summed E-state index contributed by atoms with van der Waals surface area (Å²) in [6.45, 7) is 8.59. The van der Waals surface area contributed by atoms with Crippen LogP contribution in [-0.4, -0.2) is 28.0 Å². The maximum absolute atomic E-state index is 9.36. The number of aromatic nitrogens is 2. The van der Waals surface area contributed by atoms with Gasteiger partial charge in [0.25, 0.3) is 0 Å². The van der Waals surface area contributed by atoms with Crippen molar-refractivity contribution >= 4 is 0 Å². The standard InChI is InChI=1S/C12H23N3O/c1-5-8(2)12(7-16)14-9(3)11-6-13-15-10(11)4/h6,8-9,12,14,16H,5,7H2,1-4H3,(H,13,15).